The van der Waals surface area contributed by atoms with E-state index in [4.69, 9.17) is 0 Å². The van der Waals surface area contributed by atoms with Crippen LogP contribution in [0.5, 0.6) is 0 Å². The van der Waals surface area contributed by atoms with Gasteiger partial charge in [0.2, 0.25) is 15.9 Å². The van der Waals surface area contributed by atoms with Gasteiger partial charge in [-0.3, -0.25) is 10.1 Å². The molecule has 2 N–H and O–H groups in total. The molecule has 0 bridgehead atoms. The quantitative estimate of drug-likeness (QED) is 0.668. The molecule has 1 saturated heterocycles. The molecule has 1 fully saturated rings. The molecule has 0 saturated carbocycles. The lowest BCUT2D eigenvalue weighted by Crippen LogP contribution is -2.43. The minimum atomic E-state index is -4.54. The van der Waals surface area contributed by atoms with Gasteiger partial charge in [-0.25, -0.2) is 13.2 Å². The SMILES string of the molecule is COC(=O)Nc1ccc(S(=O)(=O)N2CCC[C@H](C(=O)Nc3cccc(C(F)(F)F)c3)C2)cc1. The van der Waals surface area contributed by atoms with Gasteiger partial charge in [-0.2, -0.15) is 17.5 Å². The average molecular weight is 485 g/mol. The van der Waals surface area contributed by atoms with Crippen LogP contribution in [0.1, 0.15) is 18.4 Å². The molecule has 2 aromatic carbocycles. The highest BCUT2D eigenvalue weighted by molar-refractivity contribution is 7.89. The van der Waals surface area contributed by atoms with Crippen LogP contribution in [0.15, 0.2) is 53.4 Å². The van der Waals surface area contributed by atoms with Crippen LogP contribution in [0.25, 0.3) is 0 Å². The lowest BCUT2D eigenvalue weighted by atomic mass is 9.98. The Labute approximate surface area is 188 Å². The second-order valence-electron chi connectivity index (χ2n) is 7.41. The predicted octanol–water partition coefficient (Wildman–Crippen LogP) is 3.92. The fourth-order valence-corrected chi connectivity index (χ4v) is 4.94. The van der Waals surface area contributed by atoms with Crippen molar-refractivity contribution in [2.75, 3.05) is 30.8 Å². The third-order valence-corrected chi connectivity index (χ3v) is 7.02. The minimum absolute atomic E-state index is 0.0106. The monoisotopic (exact) mass is 485 g/mol. The van der Waals surface area contributed by atoms with Crippen LogP contribution in [0, 0.1) is 5.92 Å². The number of ether oxygens (including phenoxy) is 1. The Hall–Kier alpha value is -3.12. The molecule has 1 heterocycles. The van der Waals surface area contributed by atoms with Crippen molar-refractivity contribution in [2.24, 2.45) is 5.92 Å². The zero-order chi connectivity index (χ0) is 24.2. The van der Waals surface area contributed by atoms with Gasteiger partial charge in [-0.15, -0.1) is 0 Å². The van der Waals surface area contributed by atoms with E-state index in [0.717, 1.165) is 12.1 Å². The van der Waals surface area contributed by atoms with E-state index < -0.39 is 39.7 Å². The first-order chi connectivity index (χ1) is 15.5. The van der Waals surface area contributed by atoms with E-state index in [-0.39, 0.29) is 23.7 Å². The molecule has 8 nitrogen and oxygen atoms in total. The van der Waals surface area contributed by atoms with Gasteiger partial charge < -0.3 is 10.1 Å². The number of carbonyl (C=O) groups is 2. The third-order valence-electron chi connectivity index (χ3n) is 5.14. The van der Waals surface area contributed by atoms with Crippen molar-refractivity contribution in [3.8, 4) is 0 Å². The maximum absolute atomic E-state index is 13.0. The number of benzene rings is 2. The van der Waals surface area contributed by atoms with Crippen molar-refractivity contribution in [1.82, 2.24) is 4.31 Å². The molecule has 1 aliphatic heterocycles. The number of rotatable bonds is 5. The molecule has 1 aliphatic rings. The molecule has 2 amide bonds. The highest BCUT2D eigenvalue weighted by Gasteiger charge is 2.34. The van der Waals surface area contributed by atoms with Crippen LogP contribution >= 0.6 is 0 Å². The predicted molar refractivity (Wildman–Crippen MR) is 114 cm³/mol. The first-order valence-corrected chi connectivity index (χ1v) is 11.4. The standard InChI is InChI=1S/C21H22F3N3O5S/c1-32-20(29)26-16-7-9-18(10-8-16)33(30,31)27-11-3-4-14(13-27)19(28)25-17-6-2-5-15(12-17)21(22,23)24/h2,5-10,12,14H,3-4,11,13H2,1H3,(H,25,28)(H,26,29)/t14-/m0/s1. The van der Waals surface area contributed by atoms with Gasteiger partial charge in [0.25, 0.3) is 0 Å². The summed E-state index contributed by atoms with van der Waals surface area (Å²) in [7, 11) is -2.72. The number of amides is 2. The number of carbonyl (C=O) groups excluding carboxylic acids is 2. The molecule has 1 atom stereocenters. The number of hydrogen-bond donors (Lipinski definition) is 2. The van der Waals surface area contributed by atoms with Crippen LogP contribution in [-0.2, 0) is 25.7 Å². The first-order valence-electron chi connectivity index (χ1n) is 9.94. The van der Waals surface area contributed by atoms with Gasteiger partial charge in [0.05, 0.1) is 23.5 Å². The van der Waals surface area contributed by atoms with Crippen molar-refractivity contribution in [3.63, 3.8) is 0 Å². The van der Waals surface area contributed by atoms with E-state index in [0.29, 0.717) is 18.5 Å². The second-order valence-corrected chi connectivity index (χ2v) is 9.35. The molecule has 0 radical (unpaired) electrons. The number of alkyl halides is 3. The summed E-state index contributed by atoms with van der Waals surface area (Å²) in [5.74, 6) is -1.27. The summed E-state index contributed by atoms with van der Waals surface area (Å²) in [5, 5.41) is 4.87. The molecule has 0 spiro atoms. The summed E-state index contributed by atoms with van der Waals surface area (Å²) in [6.45, 7) is 0.104. The summed E-state index contributed by atoms with van der Waals surface area (Å²) in [4.78, 5) is 23.9. The summed E-state index contributed by atoms with van der Waals surface area (Å²) in [6.07, 6.45) is -4.42. The summed E-state index contributed by atoms with van der Waals surface area (Å²) >= 11 is 0. The topological polar surface area (TPSA) is 105 Å². The third kappa shape index (κ3) is 6.02. The number of nitrogens with zero attached hydrogens (tertiary/aromatic N) is 1. The van der Waals surface area contributed by atoms with Crippen molar-refractivity contribution in [2.45, 2.75) is 23.9 Å². The molecular weight excluding hydrogens is 463 g/mol. The highest BCUT2D eigenvalue weighted by atomic mass is 32.2. The molecule has 12 heteroatoms. The molecule has 0 aromatic heterocycles. The number of nitrogens with one attached hydrogen (secondary N) is 2. The van der Waals surface area contributed by atoms with Crippen LogP contribution in [0.2, 0.25) is 0 Å². The molecule has 33 heavy (non-hydrogen) atoms. The van der Waals surface area contributed by atoms with Crippen LogP contribution < -0.4 is 10.6 Å². The minimum Gasteiger partial charge on any atom is -0.453 e. The number of halogens is 3. The Bertz CT molecular complexity index is 1120. The Kier molecular flexibility index (Phi) is 7.28. The Morgan fingerprint density at radius 1 is 1.06 bits per heavy atom. The Morgan fingerprint density at radius 2 is 1.76 bits per heavy atom. The Balaban J connectivity index is 1.69. The van der Waals surface area contributed by atoms with Gasteiger partial charge in [0.1, 0.15) is 0 Å². The van der Waals surface area contributed by atoms with Crippen LogP contribution in [-0.4, -0.2) is 44.9 Å². The van der Waals surface area contributed by atoms with E-state index in [9.17, 15) is 31.2 Å². The average Bonchev–Trinajstić information content (AvgIpc) is 2.79. The first kappa shape index (κ1) is 24.5. The van der Waals surface area contributed by atoms with E-state index in [2.05, 4.69) is 15.4 Å². The number of methoxy groups -OCH3 is 1. The van der Waals surface area contributed by atoms with Crippen LogP contribution in [0.3, 0.4) is 0 Å². The van der Waals surface area contributed by atoms with Crippen LogP contribution in [0.4, 0.5) is 29.3 Å². The van der Waals surface area contributed by atoms with Crippen molar-refractivity contribution < 1.29 is 35.9 Å². The van der Waals surface area contributed by atoms with E-state index >= 15 is 0 Å². The smallest absolute Gasteiger partial charge is 0.416 e. The van der Waals surface area contributed by atoms with E-state index in [1.807, 2.05) is 0 Å². The highest BCUT2D eigenvalue weighted by Crippen LogP contribution is 2.31. The lowest BCUT2D eigenvalue weighted by Gasteiger charge is -2.31. The van der Waals surface area contributed by atoms with Gasteiger partial charge >= 0.3 is 12.3 Å². The number of hydrogen-bond acceptors (Lipinski definition) is 5. The van der Waals surface area contributed by atoms with Gasteiger partial charge in [0, 0.05) is 24.5 Å². The number of sulfonamides is 1. The second kappa shape index (κ2) is 9.79. The summed E-state index contributed by atoms with van der Waals surface area (Å²) < 4.78 is 70.4. The normalized spacial score (nSPS) is 17.3. The number of anilines is 2. The molecule has 178 valence electrons. The zero-order valence-corrected chi connectivity index (χ0v) is 18.4. The van der Waals surface area contributed by atoms with Gasteiger partial charge in [0.15, 0.2) is 0 Å². The fraction of sp³-hybridized carbons (Fsp3) is 0.333. The molecular formula is C21H22F3N3O5S. The lowest BCUT2D eigenvalue weighted by molar-refractivity contribution is -0.137. The maximum atomic E-state index is 13.0. The largest absolute Gasteiger partial charge is 0.453 e. The van der Waals surface area contributed by atoms with Crippen molar-refractivity contribution in [1.29, 1.82) is 0 Å². The van der Waals surface area contributed by atoms with Gasteiger partial charge in [-0.1, -0.05) is 6.07 Å². The maximum Gasteiger partial charge on any atom is 0.416 e. The van der Waals surface area contributed by atoms with E-state index in [1.54, 1.807) is 0 Å². The summed E-state index contributed by atoms with van der Waals surface area (Å²) in [5.41, 5.74) is -0.556. The van der Waals surface area contributed by atoms with E-state index in [1.165, 1.54) is 47.8 Å². The Morgan fingerprint density at radius 3 is 2.39 bits per heavy atom. The molecule has 0 aliphatic carbocycles. The fourth-order valence-electron chi connectivity index (χ4n) is 3.42. The molecule has 3 rings (SSSR count). The van der Waals surface area contributed by atoms with Crippen molar-refractivity contribution >= 4 is 33.4 Å². The summed E-state index contributed by atoms with van der Waals surface area (Å²) in [6, 6.07) is 9.73. The number of piperidine rings is 1. The van der Waals surface area contributed by atoms with Gasteiger partial charge in [-0.05, 0) is 55.3 Å². The van der Waals surface area contributed by atoms with Crippen molar-refractivity contribution in [3.05, 3.63) is 54.1 Å². The zero-order valence-electron chi connectivity index (χ0n) is 17.6. The molecule has 0 unspecified atom stereocenters. The molecule has 2 aromatic rings.